The molecule has 61 rings (SSSR count). The van der Waals surface area contributed by atoms with E-state index in [0.717, 1.165) is 32.0 Å². The molecule has 0 heteroatoms. The van der Waals surface area contributed by atoms with Crippen LogP contribution in [0.3, 0.4) is 0 Å². The SMILES string of the molecule is c1cc(-c2cc3ccc2=c2ccc(cc2)=c2ccc(cc2)=c2ccc(cc2)=c2ccc(cc2)=c2ccc(cc2)=c2ccc(cc2)=c2ccc=3cc2)ccc1-c1cc2ccc1=c1ccc(cc1)=c1ccc(cc1)=c1ccc(cc1)=c1ccc(cc1)=c1ccc(cc1)=c1ccc(cc1)=c1ccc=2cc1. The summed E-state index contributed by atoms with van der Waals surface area (Å²) in [6.07, 6.45) is 0. The van der Waals surface area contributed by atoms with Crippen molar-refractivity contribution in [2.75, 3.05) is 0 Å². The molecule has 0 atom stereocenters. The predicted octanol–water partition coefficient (Wildman–Crippen LogP) is 22.2. The van der Waals surface area contributed by atoms with Crippen LogP contribution in [0.5, 0.6) is 0 Å². The molecule has 0 aromatic heterocycles. The minimum atomic E-state index is 1.15. The third-order valence-corrected chi connectivity index (χ3v) is 21.2. The van der Waals surface area contributed by atoms with Crippen LogP contribution in [0.4, 0.5) is 0 Å². The van der Waals surface area contributed by atoms with Gasteiger partial charge in [-0.1, -0.05) is 388 Å². The maximum absolute atomic E-state index is 2.39. The minimum Gasteiger partial charge on any atom is -0.0538 e. The Kier molecular flexibility index (Phi) is 15.0. The van der Waals surface area contributed by atoms with Crippen molar-refractivity contribution in [1.82, 2.24) is 0 Å². The smallest absolute Gasteiger partial charge is 0.00992 e. The van der Waals surface area contributed by atoms with Crippen molar-refractivity contribution in [3.8, 4) is 22.3 Å². The molecule has 0 unspecified atom stereocenters. The van der Waals surface area contributed by atoms with Crippen LogP contribution in [0.25, 0.3) is 22.3 Å². The molecule has 0 nitrogen and oxygen atoms in total. The first-order chi connectivity index (χ1) is 50.4. The Morgan fingerprint density at radius 3 is 0.304 bits per heavy atom. The highest BCUT2D eigenvalue weighted by molar-refractivity contribution is 5.72. The molecule has 0 N–H and O–H groups in total. The second-order valence-corrected chi connectivity index (χ2v) is 27.2. The Morgan fingerprint density at radius 1 is 0.0784 bits per heavy atom. The monoisotopic (exact) mass is 1290 g/mol. The summed E-state index contributed by atoms with van der Waals surface area (Å²) in [6, 6.07) is 149. The summed E-state index contributed by atoms with van der Waals surface area (Å²) in [5, 5.41) is 38.0. The summed E-state index contributed by atoms with van der Waals surface area (Å²) < 4.78 is 0. The van der Waals surface area contributed by atoms with Crippen LogP contribution in [0.15, 0.2) is 400 Å². The fourth-order valence-electron chi connectivity index (χ4n) is 15.2. The fraction of sp³-hybridized carbons (Fsp3) is 0. The molecule has 0 spiro atoms. The zero-order valence-corrected chi connectivity index (χ0v) is 56.1. The van der Waals surface area contributed by atoms with Crippen molar-refractivity contribution in [2.45, 2.75) is 0 Å². The number of hydrogen-bond acceptors (Lipinski definition) is 0. The second kappa shape index (κ2) is 25.5. The van der Waals surface area contributed by atoms with Crippen LogP contribution in [-0.4, -0.2) is 0 Å². The molecule has 17 aromatic carbocycles. The fourth-order valence-corrected chi connectivity index (χ4v) is 15.2. The van der Waals surface area contributed by atoms with Crippen molar-refractivity contribution < 1.29 is 0 Å². The van der Waals surface area contributed by atoms with E-state index in [1.165, 1.54) is 157 Å². The van der Waals surface area contributed by atoms with Crippen LogP contribution in [0, 0.1) is 167 Å². The molecule has 44 aliphatic carbocycles. The Morgan fingerprint density at radius 2 is 0.176 bits per heavy atom. The van der Waals surface area contributed by atoms with Gasteiger partial charge in [0.15, 0.2) is 0 Å². The van der Waals surface area contributed by atoms with E-state index in [1.54, 1.807) is 0 Å². The van der Waals surface area contributed by atoms with Crippen LogP contribution in [0.1, 0.15) is 0 Å². The summed E-state index contributed by atoms with van der Waals surface area (Å²) in [7, 11) is 0. The molecular formula is C102H66. The van der Waals surface area contributed by atoms with Gasteiger partial charge in [0, 0.05) is 0 Å². The number of benzene rings is 17. The molecule has 0 saturated heterocycles. The van der Waals surface area contributed by atoms with Crippen LogP contribution in [-0.2, 0) is 0 Å². The minimum absolute atomic E-state index is 1.15. The number of rotatable bonds is 2. The van der Waals surface area contributed by atoms with E-state index in [2.05, 4.69) is 400 Å². The maximum atomic E-state index is 2.39. The quantitative estimate of drug-likeness (QED) is 0.162. The molecular weight excluding hydrogens is 1230 g/mol. The average Bonchev–Trinajstić information content (AvgIpc) is 0.776. The van der Waals surface area contributed by atoms with Crippen LogP contribution < -0.4 is 0 Å². The van der Waals surface area contributed by atoms with Gasteiger partial charge in [-0.05, 0) is 201 Å². The molecule has 0 amide bonds. The highest BCUT2D eigenvalue weighted by Gasteiger charge is 2.07. The van der Waals surface area contributed by atoms with Gasteiger partial charge < -0.3 is 0 Å². The summed E-state index contributed by atoms with van der Waals surface area (Å²) >= 11 is 0. The Hall–Kier alpha value is -13.3. The first kappa shape index (κ1) is 60.0. The normalized spacial score (nSPS) is 11.5. The molecule has 17 aromatic rings. The Labute approximate surface area is 585 Å². The van der Waals surface area contributed by atoms with Gasteiger partial charge in [0.05, 0.1) is 0 Å². The molecule has 32 bridgehead atoms. The molecule has 102 heavy (non-hydrogen) atoms. The first-order valence-corrected chi connectivity index (χ1v) is 35.3. The molecule has 0 fully saturated rings. The van der Waals surface area contributed by atoms with Gasteiger partial charge in [0.1, 0.15) is 0 Å². The summed E-state index contributed by atoms with van der Waals surface area (Å²) in [5.41, 5.74) is 4.65. The lowest BCUT2D eigenvalue weighted by molar-refractivity contribution is 1.38. The van der Waals surface area contributed by atoms with Crippen molar-refractivity contribution in [2.24, 2.45) is 0 Å². The summed E-state index contributed by atoms with van der Waals surface area (Å²) in [4.78, 5) is 0. The lowest BCUT2D eigenvalue weighted by Crippen LogP contribution is -1.88. The highest BCUT2D eigenvalue weighted by atomic mass is 14.1. The van der Waals surface area contributed by atoms with E-state index in [4.69, 9.17) is 0 Å². The Bertz CT molecular complexity index is 7360. The lowest BCUT2D eigenvalue weighted by atomic mass is 9.95. The van der Waals surface area contributed by atoms with E-state index in [0.29, 0.717) is 0 Å². The van der Waals surface area contributed by atoms with Gasteiger partial charge >= 0.3 is 0 Å². The van der Waals surface area contributed by atoms with Crippen molar-refractivity contribution in [3.63, 3.8) is 0 Å². The molecule has 0 aliphatic heterocycles. The van der Waals surface area contributed by atoms with Gasteiger partial charge in [-0.3, -0.25) is 0 Å². The van der Waals surface area contributed by atoms with Gasteiger partial charge in [-0.2, -0.15) is 0 Å². The average molecular weight is 1290 g/mol. The molecule has 44 aliphatic rings. The van der Waals surface area contributed by atoms with Crippen molar-refractivity contribution >= 4 is 0 Å². The van der Waals surface area contributed by atoms with Gasteiger partial charge in [-0.25, -0.2) is 0 Å². The third-order valence-electron chi connectivity index (χ3n) is 21.2. The second-order valence-electron chi connectivity index (χ2n) is 27.2. The topological polar surface area (TPSA) is 0 Å². The zero-order chi connectivity index (χ0) is 67.5. The van der Waals surface area contributed by atoms with E-state index in [9.17, 15) is 0 Å². The van der Waals surface area contributed by atoms with Crippen molar-refractivity contribution in [3.05, 3.63) is 567 Å². The maximum Gasteiger partial charge on any atom is -0.00992 e. The third kappa shape index (κ3) is 11.6. The predicted molar refractivity (Wildman–Crippen MR) is 410 cm³/mol. The Balaban J connectivity index is 0.788. The first-order valence-electron chi connectivity index (χ1n) is 35.3. The number of hydrogen-bond donors (Lipinski definition) is 0. The van der Waals surface area contributed by atoms with Crippen molar-refractivity contribution in [1.29, 1.82) is 0 Å². The molecule has 474 valence electrons. The van der Waals surface area contributed by atoms with Gasteiger partial charge in [0.2, 0.25) is 0 Å². The molecule has 0 heterocycles. The summed E-state index contributed by atoms with van der Waals surface area (Å²) in [5.74, 6) is 0. The molecule has 0 radical (unpaired) electrons. The highest BCUT2D eigenvalue weighted by Crippen LogP contribution is 2.29. The van der Waals surface area contributed by atoms with Crippen LogP contribution >= 0.6 is 0 Å². The zero-order valence-electron chi connectivity index (χ0n) is 56.1. The standard InChI is InChI=1S/C102H66/c1-5-69-6-2-67(1)71-9-13-75(14-10-71)79-25-29-83(30-26-79)87-41-45-91(46-42-87)97-61-63-99(93-53-49-89(50-54-93)85-37-33-81(34-38-85)77-21-17-73(69)18-22-77)101(65-97)95-57-59-96(60-58-95)102-66-98-62-64-100(102)94-55-51-90(52-56-94)86-39-35-82(36-40-86)78-23-19-74(20-24-78)70-7-3-68(4-8-70)72-11-15-76(16-12-72)80-27-31-84(32-28-80)88-43-47-92(98)48-44-88/h1-66H. The largest absolute Gasteiger partial charge is 0.0538 e. The van der Waals surface area contributed by atoms with Crippen LogP contribution in [0.2, 0.25) is 0 Å². The van der Waals surface area contributed by atoms with E-state index in [-0.39, 0.29) is 0 Å². The van der Waals surface area contributed by atoms with E-state index < -0.39 is 0 Å². The van der Waals surface area contributed by atoms with E-state index in [1.807, 2.05) is 0 Å². The van der Waals surface area contributed by atoms with E-state index >= 15 is 0 Å². The lowest BCUT2D eigenvalue weighted by Gasteiger charge is -2.09. The molecule has 0 saturated carbocycles. The van der Waals surface area contributed by atoms with Gasteiger partial charge in [-0.15, -0.1) is 0 Å². The summed E-state index contributed by atoms with van der Waals surface area (Å²) in [6.45, 7) is 0. The van der Waals surface area contributed by atoms with Gasteiger partial charge in [0.25, 0.3) is 0 Å².